The van der Waals surface area contributed by atoms with Gasteiger partial charge in [0.05, 0.1) is 31.2 Å². The first kappa shape index (κ1) is 34.9. The van der Waals surface area contributed by atoms with Crippen LogP contribution in [-0.2, 0) is 30.5 Å². The number of aromatic nitrogens is 1. The zero-order valence-corrected chi connectivity index (χ0v) is 28.9. The van der Waals surface area contributed by atoms with Crippen molar-refractivity contribution in [3.8, 4) is 0 Å². The van der Waals surface area contributed by atoms with Crippen molar-refractivity contribution in [3.05, 3.63) is 64.0 Å². The molecule has 11 nitrogen and oxygen atoms in total. The van der Waals surface area contributed by atoms with E-state index in [9.17, 15) is 29.4 Å². The van der Waals surface area contributed by atoms with Gasteiger partial charge in [0.2, 0.25) is 5.91 Å². The molecule has 4 heterocycles. The van der Waals surface area contributed by atoms with Gasteiger partial charge in [0.25, 0.3) is 5.91 Å². The van der Waals surface area contributed by atoms with Gasteiger partial charge in [-0.2, -0.15) is 0 Å². The molecule has 0 unspecified atom stereocenters. The normalized spacial score (nSPS) is 20.6. The van der Waals surface area contributed by atoms with Crippen LogP contribution in [0.5, 0.6) is 0 Å². The second-order valence-electron chi connectivity index (χ2n) is 11.2. The molecule has 0 aliphatic carbocycles. The van der Waals surface area contributed by atoms with E-state index in [-0.39, 0.29) is 18.1 Å². The summed E-state index contributed by atoms with van der Waals surface area (Å²) in [5.74, 6) is -1.99. The number of nitrogens with zero attached hydrogens (tertiary/aromatic N) is 4. The van der Waals surface area contributed by atoms with Gasteiger partial charge >= 0.3 is 11.9 Å². The molecular formula is C30H34Cl2N4O7S3+2. The van der Waals surface area contributed by atoms with Crippen LogP contribution in [-0.4, -0.2) is 110 Å². The number of aliphatic carboxylic acids is 2. The number of benzene rings is 1. The largest absolute Gasteiger partial charge is 0.477 e. The molecule has 2 aromatic rings. The third kappa shape index (κ3) is 7.97. The van der Waals surface area contributed by atoms with Gasteiger partial charge in [-0.25, -0.2) is 14.2 Å². The van der Waals surface area contributed by atoms with E-state index in [4.69, 9.17) is 27.9 Å². The number of carbonyl (C=O) groups excluding carboxylic acids is 2. The van der Waals surface area contributed by atoms with Crippen molar-refractivity contribution < 1.29 is 43.2 Å². The molecule has 2 atom stereocenters. The summed E-state index contributed by atoms with van der Waals surface area (Å²) in [6.45, 7) is 5.53. The molecule has 0 radical (unpaired) electrons. The van der Waals surface area contributed by atoms with Crippen molar-refractivity contribution in [1.82, 2.24) is 9.21 Å². The number of thioether (sulfide) groups is 2. The molecule has 2 N–H and O–H groups in total. The van der Waals surface area contributed by atoms with Crippen molar-refractivity contribution in [2.24, 2.45) is 0 Å². The lowest BCUT2D eigenvalue weighted by Gasteiger charge is -2.52. The average Bonchev–Trinajstić information content (AvgIpc) is 3.01. The highest BCUT2D eigenvalue weighted by molar-refractivity contribution is 8.01. The number of morpholine rings is 1. The number of pyridine rings is 1. The van der Waals surface area contributed by atoms with Gasteiger partial charge in [0, 0.05) is 45.4 Å². The predicted molar refractivity (Wildman–Crippen MR) is 177 cm³/mol. The number of quaternary nitrogens is 1. The van der Waals surface area contributed by atoms with E-state index in [1.165, 1.54) is 39.7 Å². The zero-order chi connectivity index (χ0) is 33.0. The zero-order valence-electron chi connectivity index (χ0n) is 25.0. The molecule has 0 spiro atoms. The van der Waals surface area contributed by atoms with Crippen LogP contribution in [0, 0.1) is 0 Å². The van der Waals surface area contributed by atoms with E-state index in [1.54, 1.807) is 18.2 Å². The molecule has 3 aliphatic heterocycles. The van der Waals surface area contributed by atoms with Crippen molar-refractivity contribution >= 4 is 82.4 Å². The van der Waals surface area contributed by atoms with E-state index in [2.05, 4.69) is 4.57 Å². The van der Waals surface area contributed by atoms with Gasteiger partial charge in [0.15, 0.2) is 31.5 Å². The topological polar surface area (TPSA) is 128 Å². The Morgan fingerprint density at radius 3 is 2.52 bits per heavy atom. The number of hydrogen-bond acceptors (Lipinski definition) is 8. The Balaban J connectivity index is 1.20. The molecule has 46 heavy (non-hydrogen) atoms. The second kappa shape index (κ2) is 15.2. The molecule has 16 heteroatoms. The summed E-state index contributed by atoms with van der Waals surface area (Å²) in [5.41, 5.74) is 0.611. The van der Waals surface area contributed by atoms with Crippen LogP contribution in [0.25, 0.3) is 0 Å². The lowest BCUT2D eigenvalue weighted by Crippen LogP contribution is -2.70. The van der Waals surface area contributed by atoms with Crippen molar-refractivity contribution in [3.63, 3.8) is 0 Å². The number of fused-ring (bicyclic) bond motifs is 1. The number of hydrogen-bond donors (Lipinski definition) is 2. The minimum atomic E-state index is -1.18. The highest BCUT2D eigenvalue weighted by atomic mass is 35.5. The number of rotatable bonds is 13. The standard InChI is InChI=1S/C30H32Cl2N4O7S3/c1-19(37)35(46-24-15-21(31)3-4-23(24)32)27-28(40)34-26(30(41)42)20(18-45-29(27)34)17-44-22-5-8-33(9-6-22)7-2-10-36(16-25(38)39)11-13-43-14-12-36/h3-6,8-9,15,27,29H,2,7,10-14,16-18H2,1H3/p+2/t27-,29+/m0/s1. The summed E-state index contributed by atoms with van der Waals surface area (Å²) in [6, 6.07) is 7.95. The van der Waals surface area contributed by atoms with E-state index in [0.717, 1.165) is 36.4 Å². The monoisotopic (exact) mass is 728 g/mol. The number of amides is 2. The van der Waals surface area contributed by atoms with Crippen molar-refractivity contribution in [2.45, 2.75) is 41.1 Å². The number of halogens is 2. The first-order valence-corrected chi connectivity index (χ1v) is 18.1. The molecule has 0 saturated carbocycles. The molecule has 2 saturated heterocycles. The SMILES string of the molecule is CC(=O)N(Sc1cc(Cl)ccc1Cl)[C@H]1C(=O)N2C(C(=O)O)=C(CSc3cc[n+](CCC[N+]4(CC(=O)O)CCOCC4)cc3)CS[C@H]12. The summed E-state index contributed by atoms with van der Waals surface area (Å²) in [5, 5.41) is 19.8. The number of ether oxygens (including phenoxy) is 1. The highest BCUT2D eigenvalue weighted by Gasteiger charge is 2.57. The summed E-state index contributed by atoms with van der Waals surface area (Å²) in [7, 11) is 0. The van der Waals surface area contributed by atoms with E-state index in [1.807, 2.05) is 24.5 Å². The maximum absolute atomic E-state index is 13.4. The molecular weight excluding hydrogens is 695 g/mol. The van der Waals surface area contributed by atoms with Crippen LogP contribution in [0.3, 0.4) is 0 Å². The maximum atomic E-state index is 13.4. The van der Waals surface area contributed by atoms with Crippen LogP contribution < -0.4 is 4.57 Å². The maximum Gasteiger partial charge on any atom is 0.359 e. The van der Waals surface area contributed by atoms with Crippen LogP contribution in [0.1, 0.15) is 13.3 Å². The van der Waals surface area contributed by atoms with Crippen molar-refractivity contribution in [2.75, 3.05) is 50.9 Å². The van der Waals surface area contributed by atoms with Gasteiger partial charge in [-0.3, -0.25) is 18.8 Å². The van der Waals surface area contributed by atoms with Crippen molar-refractivity contribution in [1.29, 1.82) is 0 Å². The third-order valence-corrected chi connectivity index (χ3v) is 12.4. The Hall–Kier alpha value is -2.46. The van der Waals surface area contributed by atoms with E-state index < -0.39 is 29.3 Å². The Labute approximate surface area is 289 Å². The smallest absolute Gasteiger partial charge is 0.359 e. The molecule has 1 aromatic carbocycles. The lowest BCUT2D eigenvalue weighted by molar-refractivity contribution is -0.930. The molecule has 1 aromatic heterocycles. The van der Waals surface area contributed by atoms with Gasteiger partial charge in [-0.1, -0.05) is 23.2 Å². The van der Waals surface area contributed by atoms with Gasteiger partial charge in [-0.05, 0) is 35.7 Å². The quantitative estimate of drug-likeness (QED) is 0.103. The van der Waals surface area contributed by atoms with Gasteiger partial charge < -0.3 is 19.4 Å². The van der Waals surface area contributed by atoms with E-state index in [0.29, 0.717) is 62.8 Å². The fourth-order valence-electron chi connectivity index (χ4n) is 5.75. The minimum absolute atomic E-state index is 0.0284. The first-order valence-electron chi connectivity index (χ1n) is 14.6. The van der Waals surface area contributed by atoms with Gasteiger partial charge in [0.1, 0.15) is 24.2 Å². The number of carbonyl (C=O) groups is 4. The molecule has 2 amide bonds. The van der Waals surface area contributed by atoms with Crippen LogP contribution >= 0.6 is 58.7 Å². The van der Waals surface area contributed by atoms with Crippen LogP contribution in [0.4, 0.5) is 0 Å². The fourth-order valence-corrected chi connectivity index (χ4v) is 9.70. The average molecular weight is 730 g/mol. The van der Waals surface area contributed by atoms with E-state index >= 15 is 0 Å². The number of aryl methyl sites for hydroxylation is 1. The Morgan fingerprint density at radius 1 is 1.15 bits per heavy atom. The summed E-state index contributed by atoms with van der Waals surface area (Å²) >= 11 is 16.4. The Bertz CT molecular complexity index is 1540. The van der Waals surface area contributed by atoms with Gasteiger partial charge in [-0.15, -0.1) is 23.5 Å². The second-order valence-corrected chi connectivity index (χ2v) is 15.2. The predicted octanol–water partition coefficient (Wildman–Crippen LogP) is 3.87. The lowest BCUT2D eigenvalue weighted by atomic mass is 10.0. The molecule has 0 bridgehead atoms. The number of β-lactam (4-membered cyclic amide) rings is 1. The third-order valence-electron chi connectivity index (χ3n) is 8.09. The fraction of sp³-hybridized carbons (Fsp3) is 0.433. The summed E-state index contributed by atoms with van der Waals surface area (Å²) in [6.07, 6.45) is 4.75. The first-order chi connectivity index (χ1) is 22.0. The Morgan fingerprint density at radius 2 is 1.87 bits per heavy atom. The molecule has 3 aliphatic rings. The molecule has 2 fully saturated rings. The summed E-state index contributed by atoms with van der Waals surface area (Å²) < 4.78 is 9.38. The van der Waals surface area contributed by atoms with Crippen LogP contribution in [0.15, 0.2) is 63.8 Å². The molecule has 5 rings (SSSR count). The Kier molecular flexibility index (Phi) is 11.5. The number of carboxylic acids is 2. The summed E-state index contributed by atoms with van der Waals surface area (Å²) in [4.78, 5) is 52.7. The van der Waals surface area contributed by atoms with Crippen LogP contribution in [0.2, 0.25) is 10.0 Å². The number of carboxylic acid groups (broad SMARTS) is 2. The minimum Gasteiger partial charge on any atom is -0.477 e. The highest BCUT2D eigenvalue weighted by Crippen LogP contribution is 2.46. The molecule has 246 valence electrons.